The van der Waals surface area contributed by atoms with E-state index in [9.17, 15) is 23.2 Å². The molecule has 0 N–H and O–H groups in total. The number of fused-ring (bicyclic) bond motifs is 1. The molecule has 3 aromatic heterocycles. The first-order valence-electron chi connectivity index (χ1n) is 6.53. The molecule has 3 heterocycles. The van der Waals surface area contributed by atoms with Gasteiger partial charge in [-0.15, -0.1) is 13.2 Å². The first-order chi connectivity index (χ1) is 11.2. The summed E-state index contributed by atoms with van der Waals surface area (Å²) >= 11 is 0. The number of halogens is 3. The Labute approximate surface area is 132 Å². The molecule has 0 unspecified atom stereocenters. The van der Waals surface area contributed by atoms with E-state index in [-0.39, 0.29) is 32.5 Å². The topological polar surface area (TPSA) is 88.9 Å². The number of hydrogen-bond acceptors (Lipinski definition) is 5. The molecule has 11 heteroatoms. The van der Waals surface area contributed by atoms with Crippen molar-refractivity contribution >= 4 is 17.0 Å². The Morgan fingerprint density at radius 2 is 2.12 bits per heavy atom. The van der Waals surface area contributed by atoms with Crippen molar-refractivity contribution in [2.24, 2.45) is 7.05 Å². The van der Waals surface area contributed by atoms with Gasteiger partial charge in [-0.3, -0.25) is 4.68 Å². The van der Waals surface area contributed by atoms with Crippen molar-refractivity contribution in [1.82, 2.24) is 19.6 Å². The summed E-state index contributed by atoms with van der Waals surface area (Å²) in [7, 11) is 2.62. The van der Waals surface area contributed by atoms with Crippen molar-refractivity contribution in [3.8, 4) is 11.3 Å². The number of esters is 1. The maximum Gasteiger partial charge on any atom is 0.504 e. The number of rotatable bonds is 2. The highest BCUT2D eigenvalue weighted by molar-refractivity contribution is 6.03. The molecule has 0 aliphatic rings. The van der Waals surface area contributed by atoms with Gasteiger partial charge in [-0.05, 0) is 0 Å². The molecular weight excluding hydrogens is 331 g/mol. The highest BCUT2D eigenvalue weighted by Gasteiger charge is 2.33. The monoisotopic (exact) mass is 341 g/mol. The second-order valence-electron chi connectivity index (χ2n) is 4.86. The largest absolute Gasteiger partial charge is 0.618 e. The van der Waals surface area contributed by atoms with E-state index >= 15 is 0 Å². The fourth-order valence-electron chi connectivity index (χ4n) is 2.38. The lowest BCUT2D eigenvalue weighted by Gasteiger charge is -2.04. The van der Waals surface area contributed by atoms with Crippen LogP contribution in [0.1, 0.15) is 10.4 Å². The fourth-order valence-corrected chi connectivity index (χ4v) is 2.38. The third-order valence-electron chi connectivity index (χ3n) is 3.40. The predicted molar refractivity (Wildman–Crippen MR) is 73.5 cm³/mol. The molecule has 0 amide bonds. The predicted octanol–water partition coefficient (Wildman–Crippen LogP) is 1.33. The molecular formula is C13H10F3N5O3. The van der Waals surface area contributed by atoms with Gasteiger partial charge in [0.05, 0.1) is 13.3 Å². The van der Waals surface area contributed by atoms with Gasteiger partial charge < -0.3 is 9.94 Å². The Kier molecular flexibility index (Phi) is 3.43. The van der Waals surface area contributed by atoms with Gasteiger partial charge >= 0.3 is 12.3 Å². The molecule has 3 aromatic rings. The third kappa shape index (κ3) is 2.33. The summed E-state index contributed by atoms with van der Waals surface area (Å²) in [5.41, 5.74) is 0.133. The van der Waals surface area contributed by atoms with Gasteiger partial charge in [0.25, 0.3) is 5.52 Å². The van der Waals surface area contributed by atoms with E-state index in [2.05, 4.69) is 14.9 Å². The Morgan fingerprint density at radius 1 is 1.42 bits per heavy atom. The average molecular weight is 341 g/mol. The molecule has 126 valence electrons. The number of aromatic nitrogens is 5. The molecule has 24 heavy (non-hydrogen) atoms. The molecule has 3 rings (SSSR count). The quantitative estimate of drug-likeness (QED) is 0.399. The first-order valence-corrected chi connectivity index (χ1v) is 6.53. The number of aryl methyl sites for hydroxylation is 1. The van der Waals surface area contributed by atoms with E-state index in [1.165, 1.54) is 24.9 Å². The molecule has 0 aliphatic carbocycles. The number of carbonyl (C=O) groups excluding carboxylic acids is 1. The molecule has 0 saturated heterocycles. The first kappa shape index (κ1) is 15.8. The second-order valence-corrected chi connectivity index (χ2v) is 4.86. The Hall–Kier alpha value is -3.11. The van der Waals surface area contributed by atoms with Crippen LogP contribution >= 0.6 is 0 Å². The number of nitrogens with zero attached hydrogens (tertiary/aromatic N) is 5. The molecule has 0 bridgehead atoms. The zero-order chi connectivity index (χ0) is 17.6. The summed E-state index contributed by atoms with van der Waals surface area (Å²) in [6.45, 7) is 0. The summed E-state index contributed by atoms with van der Waals surface area (Å²) < 4.78 is 44.2. The van der Waals surface area contributed by atoms with Crippen LogP contribution in [0.4, 0.5) is 13.2 Å². The van der Waals surface area contributed by atoms with Crippen LogP contribution in [0.3, 0.4) is 0 Å². The molecule has 0 atom stereocenters. The van der Waals surface area contributed by atoms with E-state index < -0.39 is 12.3 Å². The molecule has 0 fully saturated rings. The fraction of sp³-hybridized carbons (Fsp3) is 0.231. The highest BCUT2D eigenvalue weighted by atomic mass is 19.4. The maximum absolute atomic E-state index is 12.7. The van der Waals surface area contributed by atoms with E-state index in [1.807, 2.05) is 0 Å². The van der Waals surface area contributed by atoms with Crippen molar-refractivity contribution in [3.05, 3.63) is 35.4 Å². The van der Waals surface area contributed by atoms with Crippen molar-refractivity contribution in [1.29, 1.82) is 0 Å². The van der Waals surface area contributed by atoms with E-state index in [0.717, 1.165) is 18.6 Å². The highest BCUT2D eigenvalue weighted by Crippen LogP contribution is 2.30. The van der Waals surface area contributed by atoms with Gasteiger partial charge in [-0.2, -0.15) is 19.6 Å². The summed E-state index contributed by atoms with van der Waals surface area (Å²) in [5, 5.41) is 19.4. The second kappa shape index (κ2) is 5.22. The zero-order valence-corrected chi connectivity index (χ0v) is 12.4. The Morgan fingerprint density at radius 3 is 2.71 bits per heavy atom. The molecule has 0 radical (unpaired) electrons. The molecule has 0 aliphatic heterocycles. The van der Waals surface area contributed by atoms with Gasteiger partial charge in [0.15, 0.2) is 11.7 Å². The van der Waals surface area contributed by atoms with Gasteiger partial charge in [0.1, 0.15) is 11.3 Å². The molecule has 0 saturated carbocycles. The van der Waals surface area contributed by atoms with E-state index in [0.29, 0.717) is 4.73 Å². The van der Waals surface area contributed by atoms with Gasteiger partial charge in [-0.1, -0.05) is 0 Å². The lowest BCUT2D eigenvalue weighted by Crippen LogP contribution is -2.27. The summed E-state index contributed by atoms with van der Waals surface area (Å²) in [4.78, 5) is 11.8. The number of carbonyl (C=O) groups is 1. The summed E-state index contributed by atoms with van der Waals surface area (Å²) in [6, 6.07) is 1.23. The minimum absolute atomic E-state index is 0.0246. The number of alkyl halides is 3. The number of ether oxygens (including phenoxy) is 1. The molecule has 0 spiro atoms. The standard InChI is InChI=1S/C13H10F3N5O3/c1-19-10(7-5-17-21(6-7)13(14,15)16)11-9(18-19)8(12(22)24-2)3-4-20(11)23/h3-6H,1-2H3. The summed E-state index contributed by atoms with van der Waals surface area (Å²) in [5.74, 6) is -0.712. The van der Waals surface area contributed by atoms with Crippen LogP contribution in [0.5, 0.6) is 0 Å². The van der Waals surface area contributed by atoms with E-state index in [1.54, 1.807) is 0 Å². The maximum atomic E-state index is 12.7. The minimum atomic E-state index is -4.68. The third-order valence-corrected chi connectivity index (χ3v) is 3.40. The molecule has 0 aromatic carbocycles. The molecule has 8 nitrogen and oxygen atoms in total. The van der Waals surface area contributed by atoms with Crippen molar-refractivity contribution < 1.29 is 27.4 Å². The van der Waals surface area contributed by atoms with Gasteiger partial charge in [-0.25, -0.2) is 4.79 Å². The number of hydrogen-bond donors (Lipinski definition) is 0. The summed E-state index contributed by atoms with van der Waals surface area (Å²) in [6.07, 6.45) is -1.92. The van der Waals surface area contributed by atoms with Crippen LogP contribution < -0.4 is 4.73 Å². The average Bonchev–Trinajstić information content (AvgIpc) is 3.10. The van der Waals surface area contributed by atoms with Crippen LogP contribution in [0.25, 0.3) is 22.3 Å². The van der Waals surface area contributed by atoms with Gasteiger partial charge in [0.2, 0.25) is 0 Å². The van der Waals surface area contributed by atoms with Crippen LogP contribution in [-0.2, 0) is 18.1 Å². The normalized spacial score (nSPS) is 11.9. The number of methoxy groups -OCH3 is 1. The Bertz CT molecular complexity index is 944. The van der Waals surface area contributed by atoms with Crippen molar-refractivity contribution in [3.63, 3.8) is 0 Å². The van der Waals surface area contributed by atoms with Crippen LogP contribution in [-0.4, -0.2) is 32.6 Å². The SMILES string of the molecule is COC(=O)c1cc[n+]([O-])c2c(-c3cnn(C(F)(F)F)c3)n(C)nc12. The van der Waals surface area contributed by atoms with Crippen LogP contribution in [0.15, 0.2) is 24.7 Å². The lowest BCUT2D eigenvalue weighted by atomic mass is 10.1. The van der Waals surface area contributed by atoms with Crippen LogP contribution in [0.2, 0.25) is 0 Å². The lowest BCUT2D eigenvalue weighted by molar-refractivity contribution is -0.576. The van der Waals surface area contributed by atoms with Crippen molar-refractivity contribution in [2.45, 2.75) is 6.30 Å². The smallest absolute Gasteiger partial charge is 0.504 e. The minimum Gasteiger partial charge on any atom is -0.618 e. The number of pyridine rings is 1. The van der Waals surface area contributed by atoms with Crippen molar-refractivity contribution in [2.75, 3.05) is 7.11 Å². The van der Waals surface area contributed by atoms with Crippen LogP contribution in [0, 0.1) is 5.21 Å². The zero-order valence-electron chi connectivity index (χ0n) is 12.4. The Balaban J connectivity index is 2.28. The van der Waals surface area contributed by atoms with E-state index in [4.69, 9.17) is 0 Å². The van der Waals surface area contributed by atoms with Gasteiger partial charge in [0, 0.05) is 24.9 Å².